The van der Waals surface area contributed by atoms with Crippen LogP contribution in [0.25, 0.3) is 23.0 Å². The minimum absolute atomic E-state index is 0.142. The van der Waals surface area contributed by atoms with Gasteiger partial charge in [0.2, 0.25) is 11.8 Å². The number of furan rings is 1. The molecule has 0 unspecified atom stereocenters. The number of carbonyl (C=O) groups is 2. The van der Waals surface area contributed by atoms with E-state index in [1.165, 1.54) is 12.3 Å². The van der Waals surface area contributed by atoms with Crippen molar-refractivity contribution >= 4 is 29.5 Å². The Morgan fingerprint density at radius 1 is 1.00 bits per heavy atom. The molecule has 8 heteroatoms. The lowest BCUT2D eigenvalue weighted by atomic mass is 10.1. The maximum atomic E-state index is 12.3. The minimum atomic E-state index is -0.391. The first kappa shape index (κ1) is 22.1. The highest BCUT2D eigenvalue weighted by Gasteiger charge is 2.11. The summed E-state index contributed by atoms with van der Waals surface area (Å²) >= 11 is 6.02. The number of rotatable bonds is 8. The first-order chi connectivity index (χ1) is 16.1. The van der Waals surface area contributed by atoms with E-state index in [2.05, 4.69) is 10.6 Å². The molecule has 0 fully saturated rings. The Bertz CT molecular complexity index is 1250. The molecule has 0 atom stereocenters. The molecule has 2 N–H and O–H groups in total. The third-order valence-corrected chi connectivity index (χ3v) is 5.01. The van der Waals surface area contributed by atoms with Crippen molar-refractivity contribution in [1.82, 2.24) is 20.4 Å². The van der Waals surface area contributed by atoms with E-state index in [-0.39, 0.29) is 19.0 Å². The van der Waals surface area contributed by atoms with E-state index in [4.69, 9.17) is 21.1 Å². The summed E-state index contributed by atoms with van der Waals surface area (Å²) in [6.45, 7) is 0.123. The minimum Gasteiger partial charge on any atom is -0.467 e. The fourth-order valence-electron chi connectivity index (χ4n) is 3.11. The van der Waals surface area contributed by atoms with Crippen molar-refractivity contribution in [1.29, 1.82) is 0 Å². The highest BCUT2D eigenvalue weighted by atomic mass is 35.5. The maximum Gasteiger partial charge on any atom is 0.244 e. The molecule has 166 valence electrons. The molecule has 4 rings (SSSR count). The van der Waals surface area contributed by atoms with Gasteiger partial charge in [-0.1, -0.05) is 41.9 Å². The van der Waals surface area contributed by atoms with Crippen LogP contribution in [0.4, 0.5) is 0 Å². The number of aromatic nitrogens is 2. The average Bonchev–Trinajstić information content (AvgIpc) is 3.51. The van der Waals surface area contributed by atoms with E-state index in [9.17, 15) is 9.59 Å². The van der Waals surface area contributed by atoms with Crippen molar-refractivity contribution in [2.45, 2.75) is 6.54 Å². The quantitative estimate of drug-likeness (QED) is 0.385. The highest BCUT2D eigenvalue weighted by molar-refractivity contribution is 6.30. The first-order valence-electron chi connectivity index (χ1n) is 10.2. The monoisotopic (exact) mass is 460 g/mol. The van der Waals surface area contributed by atoms with Crippen LogP contribution in [0, 0.1) is 0 Å². The number of para-hydroxylation sites is 1. The van der Waals surface area contributed by atoms with Gasteiger partial charge >= 0.3 is 0 Å². The van der Waals surface area contributed by atoms with Gasteiger partial charge in [0.15, 0.2) is 0 Å². The predicted octanol–water partition coefficient (Wildman–Crippen LogP) is 4.23. The van der Waals surface area contributed by atoms with Crippen molar-refractivity contribution in [3.8, 4) is 16.9 Å². The smallest absolute Gasteiger partial charge is 0.244 e. The molecule has 0 radical (unpaired) electrons. The second kappa shape index (κ2) is 10.5. The number of halogens is 1. The van der Waals surface area contributed by atoms with Gasteiger partial charge in [-0.05, 0) is 42.5 Å². The zero-order valence-corrected chi connectivity index (χ0v) is 18.3. The lowest BCUT2D eigenvalue weighted by molar-refractivity contribution is -0.124. The molecule has 0 saturated carbocycles. The second-order valence-corrected chi connectivity index (χ2v) is 7.56. The summed E-state index contributed by atoms with van der Waals surface area (Å²) in [6, 6.07) is 20.5. The van der Waals surface area contributed by atoms with E-state index in [1.54, 1.807) is 35.0 Å². The van der Waals surface area contributed by atoms with E-state index in [1.807, 2.05) is 48.7 Å². The van der Waals surface area contributed by atoms with Crippen LogP contribution in [0.1, 0.15) is 11.3 Å². The van der Waals surface area contributed by atoms with Crippen LogP contribution in [-0.4, -0.2) is 28.1 Å². The van der Waals surface area contributed by atoms with Crippen LogP contribution in [0.5, 0.6) is 0 Å². The molecule has 2 amide bonds. The molecule has 0 saturated heterocycles. The summed E-state index contributed by atoms with van der Waals surface area (Å²) in [6.07, 6.45) is 6.43. The third-order valence-electron chi connectivity index (χ3n) is 4.76. The lowest BCUT2D eigenvalue weighted by Gasteiger charge is -2.04. The Morgan fingerprint density at radius 2 is 1.79 bits per heavy atom. The zero-order valence-electron chi connectivity index (χ0n) is 17.6. The summed E-state index contributed by atoms with van der Waals surface area (Å²) in [5, 5.41) is 10.6. The Hall–Kier alpha value is -4.10. The molecule has 0 spiro atoms. The van der Waals surface area contributed by atoms with E-state index in [0.29, 0.717) is 16.5 Å². The lowest BCUT2D eigenvalue weighted by Crippen LogP contribution is -2.35. The molecule has 33 heavy (non-hydrogen) atoms. The van der Waals surface area contributed by atoms with Crippen LogP contribution < -0.4 is 10.6 Å². The predicted molar refractivity (Wildman–Crippen MR) is 127 cm³/mol. The van der Waals surface area contributed by atoms with Gasteiger partial charge in [-0.2, -0.15) is 5.10 Å². The van der Waals surface area contributed by atoms with Crippen molar-refractivity contribution < 1.29 is 14.0 Å². The zero-order chi connectivity index (χ0) is 23.0. The summed E-state index contributed by atoms with van der Waals surface area (Å²) in [5.74, 6) is -0.0655. The second-order valence-electron chi connectivity index (χ2n) is 7.13. The molecule has 7 nitrogen and oxygen atoms in total. The van der Waals surface area contributed by atoms with Gasteiger partial charge in [0.05, 0.1) is 30.7 Å². The SMILES string of the molecule is O=C(/C=C/c1cn(-c2ccccc2)nc1-c1ccc(Cl)cc1)NCC(=O)NCc1ccco1. The van der Waals surface area contributed by atoms with Crippen molar-refractivity contribution in [3.05, 3.63) is 102 Å². The Morgan fingerprint density at radius 3 is 2.52 bits per heavy atom. The number of hydrogen-bond donors (Lipinski definition) is 2. The fraction of sp³-hybridized carbons (Fsp3) is 0.0800. The van der Waals surface area contributed by atoms with E-state index < -0.39 is 5.91 Å². The standard InChI is InChI=1S/C25H21ClN4O3/c26-20-11-8-18(9-12-20)25-19(17-30(29-25)21-5-2-1-3-6-21)10-13-23(31)28-16-24(32)27-15-22-7-4-14-33-22/h1-14,17H,15-16H2,(H,27,32)(H,28,31)/b13-10+. The van der Waals surface area contributed by atoms with Crippen LogP contribution in [0.15, 0.2) is 89.7 Å². The molecule has 4 aromatic rings. The van der Waals surface area contributed by atoms with Crippen LogP contribution in [-0.2, 0) is 16.1 Å². The van der Waals surface area contributed by atoms with Gasteiger partial charge in [0.25, 0.3) is 0 Å². The molecular weight excluding hydrogens is 440 g/mol. The van der Waals surface area contributed by atoms with E-state index >= 15 is 0 Å². The molecule has 2 aromatic carbocycles. The van der Waals surface area contributed by atoms with Gasteiger partial charge in [0.1, 0.15) is 5.76 Å². The largest absolute Gasteiger partial charge is 0.467 e. The average molecular weight is 461 g/mol. The van der Waals surface area contributed by atoms with Crippen molar-refractivity contribution in [2.24, 2.45) is 0 Å². The molecule has 2 heterocycles. The molecular formula is C25H21ClN4O3. The summed E-state index contributed by atoms with van der Waals surface area (Å²) in [5.41, 5.74) is 3.21. The number of carbonyl (C=O) groups excluding carboxylic acids is 2. The Balaban J connectivity index is 1.45. The van der Waals surface area contributed by atoms with Crippen molar-refractivity contribution in [2.75, 3.05) is 6.54 Å². The van der Waals surface area contributed by atoms with E-state index in [0.717, 1.165) is 16.8 Å². The van der Waals surface area contributed by atoms with Gasteiger partial charge < -0.3 is 15.1 Å². The van der Waals surface area contributed by atoms with Crippen LogP contribution in [0.3, 0.4) is 0 Å². The summed E-state index contributed by atoms with van der Waals surface area (Å²) in [4.78, 5) is 24.2. The third kappa shape index (κ3) is 5.99. The number of nitrogens with one attached hydrogen (secondary N) is 2. The maximum absolute atomic E-state index is 12.3. The Kier molecular flexibility index (Phi) is 7.02. The van der Waals surface area contributed by atoms with Crippen molar-refractivity contribution in [3.63, 3.8) is 0 Å². The number of benzene rings is 2. The molecule has 0 aliphatic rings. The molecule has 0 aliphatic carbocycles. The summed E-state index contributed by atoms with van der Waals surface area (Å²) in [7, 11) is 0. The number of hydrogen-bond acceptors (Lipinski definition) is 4. The topological polar surface area (TPSA) is 89.2 Å². The summed E-state index contributed by atoms with van der Waals surface area (Å²) < 4.78 is 6.91. The van der Waals surface area contributed by atoms with Crippen LogP contribution in [0.2, 0.25) is 5.02 Å². The van der Waals surface area contributed by atoms with Gasteiger partial charge in [-0.3, -0.25) is 9.59 Å². The van der Waals surface area contributed by atoms with Crippen LogP contribution >= 0.6 is 11.6 Å². The fourth-order valence-corrected chi connectivity index (χ4v) is 3.23. The highest BCUT2D eigenvalue weighted by Crippen LogP contribution is 2.26. The van der Waals surface area contributed by atoms with Gasteiger partial charge in [-0.15, -0.1) is 0 Å². The van der Waals surface area contributed by atoms with Gasteiger partial charge in [0, 0.05) is 28.4 Å². The Labute approximate surface area is 195 Å². The number of amides is 2. The normalized spacial score (nSPS) is 10.9. The molecule has 2 aromatic heterocycles. The van der Waals surface area contributed by atoms with Gasteiger partial charge in [-0.25, -0.2) is 4.68 Å². The number of nitrogens with zero attached hydrogens (tertiary/aromatic N) is 2. The first-order valence-corrected chi connectivity index (χ1v) is 10.6. The molecule has 0 bridgehead atoms. The molecule has 0 aliphatic heterocycles.